The van der Waals surface area contributed by atoms with E-state index in [4.69, 9.17) is 9.84 Å². The molecule has 1 fully saturated rings. The maximum atomic E-state index is 12.1. The molecule has 110 valence electrons. The number of carboxylic acids is 1. The SMILES string of the molecule is CC(C)(C)OC(=O)N1CCCCC1[C@H](O)CC(=O)O. The molecule has 1 unspecified atom stereocenters. The number of carboxylic acid groups (broad SMARTS) is 1. The van der Waals surface area contributed by atoms with E-state index < -0.39 is 29.8 Å². The van der Waals surface area contributed by atoms with Crippen LogP contribution in [-0.2, 0) is 9.53 Å². The molecule has 1 aliphatic heterocycles. The molecule has 1 aliphatic rings. The lowest BCUT2D eigenvalue weighted by Gasteiger charge is -2.38. The van der Waals surface area contributed by atoms with Gasteiger partial charge in [-0.1, -0.05) is 0 Å². The average Bonchev–Trinajstić information content (AvgIpc) is 2.25. The molecule has 1 amide bonds. The highest BCUT2D eigenvalue weighted by molar-refractivity contribution is 5.70. The monoisotopic (exact) mass is 273 g/mol. The molecule has 0 aromatic rings. The molecule has 6 nitrogen and oxygen atoms in total. The molecule has 2 atom stereocenters. The first-order chi connectivity index (χ1) is 8.70. The third-order valence-electron chi connectivity index (χ3n) is 3.01. The zero-order valence-electron chi connectivity index (χ0n) is 11.8. The van der Waals surface area contributed by atoms with Crippen LogP contribution in [0.15, 0.2) is 0 Å². The minimum absolute atomic E-state index is 0.357. The molecule has 6 heteroatoms. The smallest absolute Gasteiger partial charge is 0.410 e. The van der Waals surface area contributed by atoms with Gasteiger partial charge in [-0.25, -0.2) is 4.79 Å². The summed E-state index contributed by atoms with van der Waals surface area (Å²) in [5.41, 5.74) is -0.600. The summed E-state index contributed by atoms with van der Waals surface area (Å²) in [6, 6.07) is -0.473. The lowest BCUT2D eigenvalue weighted by Crippen LogP contribution is -2.51. The molecule has 1 heterocycles. The Morgan fingerprint density at radius 2 is 2.00 bits per heavy atom. The number of hydrogen-bond acceptors (Lipinski definition) is 4. The van der Waals surface area contributed by atoms with Crippen molar-refractivity contribution in [2.75, 3.05) is 6.54 Å². The Balaban J connectivity index is 2.71. The highest BCUT2D eigenvalue weighted by Gasteiger charge is 2.35. The van der Waals surface area contributed by atoms with Gasteiger partial charge in [0.2, 0.25) is 0 Å². The van der Waals surface area contributed by atoms with Crippen molar-refractivity contribution in [1.29, 1.82) is 0 Å². The fourth-order valence-electron chi connectivity index (χ4n) is 2.22. The Morgan fingerprint density at radius 1 is 1.37 bits per heavy atom. The fraction of sp³-hybridized carbons (Fsp3) is 0.846. The topological polar surface area (TPSA) is 87.1 Å². The quantitative estimate of drug-likeness (QED) is 0.815. The largest absolute Gasteiger partial charge is 0.481 e. The van der Waals surface area contributed by atoms with Gasteiger partial charge in [0, 0.05) is 6.54 Å². The van der Waals surface area contributed by atoms with Crippen LogP contribution in [0.3, 0.4) is 0 Å². The number of amides is 1. The Kier molecular flexibility index (Phi) is 5.17. The van der Waals surface area contributed by atoms with Crippen LogP contribution in [-0.4, -0.2) is 51.5 Å². The molecule has 0 aromatic carbocycles. The second-order valence-corrected chi connectivity index (χ2v) is 5.90. The molecule has 1 rings (SSSR count). The van der Waals surface area contributed by atoms with Gasteiger partial charge in [-0.15, -0.1) is 0 Å². The van der Waals surface area contributed by atoms with Gasteiger partial charge in [0.05, 0.1) is 18.6 Å². The van der Waals surface area contributed by atoms with E-state index in [1.807, 2.05) is 0 Å². The molecule has 0 aromatic heterocycles. The van der Waals surface area contributed by atoms with E-state index >= 15 is 0 Å². The number of piperidine rings is 1. The van der Waals surface area contributed by atoms with Gasteiger partial charge in [-0.05, 0) is 40.0 Å². The maximum absolute atomic E-state index is 12.1. The molecular weight excluding hydrogens is 250 g/mol. The van der Waals surface area contributed by atoms with Crippen molar-refractivity contribution in [1.82, 2.24) is 4.90 Å². The lowest BCUT2D eigenvalue weighted by atomic mass is 9.96. The van der Waals surface area contributed by atoms with Gasteiger partial charge in [-0.2, -0.15) is 0 Å². The van der Waals surface area contributed by atoms with Crippen LogP contribution < -0.4 is 0 Å². The van der Waals surface area contributed by atoms with E-state index in [1.165, 1.54) is 4.90 Å². The summed E-state index contributed by atoms with van der Waals surface area (Å²) in [5.74, 6) is -1.07. The van der Waals surface area contributed by atoms with Gasteiger partial charge in [0.25, 0.3) is 0 Å². The third-order valence-corrected chi connectivity index (χ3v) is 3.01. The number of aliphatic carboxylic acids is 1. The summed E-state index contributed by atoms with van der Waals surface area (Å²) in [6.45, 7) is 5.82. The van der Waals surface area contributed by atoms with Crippen molar-refractivity contribution in [2.24, 2.45) is 0 Å². The van der Waals surface area contributed by atoms with Gasteiger partial charge < -0.3 is 19.8 Å². The van der Waals surface area contributed by atoms with Gasteiger partial charge in [0.15, 0.2) is 0 Å². The summed E-state index contributed by atoms with van der Waals surface area (Å²) in [4.78, 5) is 24.2. The van der Waals surface area contributed by atoms with Crippen LogP contribution in [0.5, 0.6) is 0 Å². The van der Waals surface area contributed by atoms with E-state index in [0.717, 1.165) is 12.8 Å². The second-order valence-electron chi connectivity index (χ2n) is 5.90. The summed E-state index contributed by atoms with van der Waals surface area (Å²) >= 11 is 0. The number of aliphatic hydroxyl groups is 1. The van der Waals surface area contributed by atoms with Crippen molar-refractivity contribution in [3.8, 4) is 0 Å². The molecule has 0 spiro atoms. The van der Waals surface area contributed by atoms with Crippen LogP contribution in [0.4, 0.5) is 4.79 Å². The van der Waals surface area contributed by atoms with Gasteiger partial charge in [0.1, 0.15) is 5.60 Å². The van der Waals surface area contributed by atoms with Crippen LogP contribution in [0.2, 0.25) is 0 Å². The molecule has 0 radical (unpaired) electrons. The normalized spacial score (nSPS) is 21.9. The van der Waals surface area contributed by atoms with Crippen molar-refractivity contribution in [3.63, 3.8) is 0 Å². The highest BCUT2D eigenvalue weighted by atomic mass is 16.6. The lowest BCUT2D eigenvalue weighted by molar-refractivity contribution is -0.140. The van der Waals surface area contributed by atoms with E-state index in [-0.39, 0.29) is 6.42 Å². The van der Waals surface area contributed by atoms with E-state index in [0.29, 0.717) is 13.0 Å². The first-order valence-electron chi connectivity index (χ1n) is 6.60. The number of ether oxygens (including phenoxy) is 1. The third kappa shape index (κ3) is 5.06. The number of nitrogens with zero attached hydrogens (tertiary/aromatic N) is 1. The zero-order valence-corrected chi connectivity index (χ0v) is 11.8. The predicted molar refractivity (Wildman–Crippen MR) is 68.8 cm³/mol. The number of likely N-dealkylation sites (tertiary alicyclic amines) is 1. The molecule has 2 N–H and O–H groups in total. The minimum Gasteiger partial charge on any atom is -0.481 e. The number of aliphatic hydroxyl groups excluding tert-OH is 1. The van der Waals surface area contributed by atoms with Crippen LogP contribution in [0, 0.1) is 0 Å². The van der Waals surface area contributed by atoms with Crippen LogP contribution in [0.25, 0.3) is 0 Å². The number of rotatable bonds is 3. The Morgan fingerprint density at radius 3 is 2.53 bits per heavy atom. The standard InChI is InChI=1S/C13H23NO5/c1-13(2,3)19-12(18)14-7-5-4-6-9(14)10(15)8-11(16)17/h9-10,15H,4-8H2,1-3H3,(H,16,17)/t9?,10-/m1/s1. The predicted octanol–water partition coefficient (Wildman–Crippen LogP) is 1.61. The molecule has 0 aliphatic carbocycles. The minimum atomic E-state index is -1.07. The summed E-state index contributed by atoms with van der Waals surface area (Å²) < 4.78 is 5.29. The Bertz CT molecular complexity index is 336. The number of carbonyl (C=O) groups is 2. The van der Waals surface area contributed by atoms with E-state index in [2.05, 4.69) is 0 Å². The van der Waals surface area contributed by atoms with Crippen LogP contribution >= 0.6 is 0 Å². The fourth-order valence-corrected chi connectivity index (χ4v) is 2.22. The van der Waals surface area contributed by atoms with Gasteiger partial charge in [-0.3, -0.25) is 4.79 Å². The van der Waals surface area contributed by atoms with Crippen LogP contribution in [0.1, 0.15) is 46.5 Å². The van der Waals surface area contributed by atoms with Crippen molar-refractivity contribution < 1.29 is 24.5 Å². The van der Waals surface area contributed by atoms with Crippen molar-refractivity contribution in [3.05, 3.63) is 0 Å². The van der Waals surface area contributed by atoms with Gasteiger partial charge >= 0.3 is 12.1 Å². The van der Waals surface area contributed by atoms with E-state index in [1.54, 1.807) is 20.8 Å². The van der Waals surface area contributed by atoms with E-state index in [9.17, 15) is 14.7 Å². The number of hydrogen-bond donors (Lipinski definition) is 2. The molecular formula is C13H23NO5. The molecule has 1 saturated heterocycles. The highest BCUT2D eigenvalue weighted by Crippen LogP contribution is 2.23. The average molecular weight is 273 g/mol. The maximum Gasteiger partial charge on any atom is 0.410 e. The summed E-state index contributed by atoms with van der Waals surface area (Å²) in [6.07, 6.45) is 0.431. The summed E-state index contributed by atoms with van der Waals surface area (Å²) in [5, 5.41) is 18.7. The zero-order chi connectivity index (χ0) is 14.6. The first-order valence-corrected chi connectivity index (χ1v) is 6.60. The number of carbonyl (C=O) groups excluding carboxylic acids is 1. The first kappa shape index (κ1) is 15.8. The second kappa shape index (κ2) is 6.23. The Hall–Kier alpha value is -1.30. The Labute approximate surface area is 113 Å². The van der Waals surface area contributed by atoms with Crippen molar-refractivity contribution >= 4 is 12.1 Å². The molecule has 0 bridgehead atoms. The van der Waals surface area contributed by atoms with Crippen molar-refractivity contribution in [2.45, 2.75) is 64.2 Å². The molecule has 0 saturated carbocycles. The summed E-state index contributed by atoms with van der Waals surface area (Å²) in [7, 11) is 0. The molecule has 19 heavy (non-hydrogen) atoms.